The van der Waals surface area contributed by atoms with Crippen LogP contribution in [0.1, 0.15) is 49.7 Å². The molecule has 0 radical (unpaired) electrons. The van der Waals surface area contributed by atoms with Crippen molar-refractivity contribution in [1.29, 1.82) is 0 Å². The van der Waals surface area contributed by atoms with E-state index in [1.165, 1.54) is 10.4 Å². The van der Waals surface area contributed by atoms with E-state index in [0.29, 0.717) is 0 Å². The van der Waals surface area contributed by atoms with Crippen molar-refractivity contribution in [3.8, 4) is 0 Å². The molecule has 0 amide bonds. The Morgan fingerprint density at radius 1 is 1.20 bits per heavy atom. The van der Waals surface area contributed by atoms with Crippen LogP contribution in [0.4, 0.5) is 0 Å². The fraction of sp³-hybridized carbons (Fsp3) is 0.542. The third-order valence-electron chi connectivity index (χ3n) is 6.64. The minimum absolute atomic E-state index is 0.0459. The van der Waals surface area contributed by atoms with Crippen molar-refractivity contribution in [2.75, 3.05) is 26.3 Å². The van der Waals surface area contributed by atoms with E-state index in [2.05, 4.69) is 58.1 Å². The van der Waals surface area contributed by atoms with E-state index in [0.717, 1.165) is 62.3 Å². The molecule has 0 saturated carbocycles. The number of likely N-dealkylation sites (tertiary alicyclic amines) is 1. The monoisotopic (exact) mass is 424 g/mol. The SMILES string of the molecule is CCOC[C@@]1(CCc2scc3nccnc23)CCN(C(C)(C)c2ccc(C)nc2)C1. The van der Waals surface area contributed by atoms with Crippen LogP contribution in [0.15, 0.2) is 36.1 Å². The summed E-state index contributed by atoms with van der Waals surface area (Å²) in [6, 6.07) is 4.34. The highest BCUT2D eigenvalue weighted by atomic mass is 32.1. The number of nitrogens with zero attached hydrogens (tertiary/aromatic N) is 4. The summed E-state index contributed by atoms with van der Waals surface area (Å²) >= 11 is 1.79. The van der Waals surface area contributed by atoms with Crippen LogP contribution in [0.5, 0.6) is 0 Å². The predicted octanol–water partition coefficient (Wildman–Crippen LogP) is 4.99. The highest BCUT2D eigenvalue weighted by Crippen LogP contribution is 2.42. The Morgan fingerprint density at radius 3 is 2.80 bits per heavy atom. The normalized spacial score (nSPS) is 20.3. The molecule has 30 heavy (non-hydrogen) atoms. The maximum Gasteiger partial charge on any atom is 0.103 e. The molecular weight excluding hydrogens is 392 g/mol. The maximum atomic E-state index is 6.00. The average Bonchev–Trinajstić information content (AvgIpc) is 3.37. The van der Waals surface area contributed by atoms with Crippen molar-refractivity contribution < 1.29 is 4.74 Å². The van der Waals surface area contributed by atoms with Gasteiger partial charge < -0.3 is 4.74 Å². The Balaban J connectivity index is 1.51. The first-order valence-electron chi connectivity index (χ1n) is 10.9. The van der Waals surface area contributed by atoms with Gasteiger partial charge in [-0.15, -0.1) is 11.3 Å². The Hall–Kier alpha value is -1.89. The van der Waals surface area contributed by atoms with Crippen LogP contribution < -0.4 is 0 Å². The Kier molecular flexibility index (Phi) is 6.19. The Labute approximate surface area is 183 Å². The van der Waals surface area contributed by atoms with Crippen molar-refractivity contribution in [2.24, 2.45) is 5.41 Å². The van der Waals surface area contributed by atoms with Crippen molar-refractivity contribution in [1.82, 2.24) is 19.9 Å². The van der Waals surface area contributed by atoms with Gasteiger partial charge in [0.1, 0.15) is 5.52 Å². The fourth-order valence-corrected chi connectivity index (χ4v) is 5.44. The van der Waals surface area contributed by atoms with Crippen molar-refractivity contribution >= 4 is 22.4 Å². The van der Waals surface area contributed by atoms with Crippen LogP contribution in [-0.4, -0.2) is 46.2 Å². The molecule has 1 fully saturated rings. The van der Waals surface area contributed by atoms with Gasteiger partial charge in [0.05, 0.1) is 12.1 Å². The number of aromatic nitrogens is 3. The minimum Gasteiger partial charge on any atom is -0.381 e. The number of hydrogen-bond donors (Lipinski definition) is 0. The summed E-state index contributed by atoms with van der Waals surface area (Å²) in [5.74, 6) is 0. The number of pyridine rings is 1. The van der Waals surface area contributed by atoms with Gasteiger partial charge in [0.2, 0.25) is 0 Å². The predicted molar refractivity (Wildman–Crippen MR) is 123 cm³/mol. The molecule has 0 aromatic carbocycles. The fourth-order valence-electron chi connectivity index (χ4n) is 4.53. The van der Waals surface area contributed by atoms with E-state index in [4.69, 9.17) is 4.74 Å². The number of ether oxygens (including phenoxy) is 1. The molecule has 6 heteroatoms. The lowest BCUT2D eigenvalue weighted by molar-refractivity contribution is 0.0386. The van der Waals surface area contributed by atoms with E-state index < -0.39 is 0 Å². The van der Waals surface area contributed by atoms with Crippen LogP contribution in [0, 0.1) is 12.3 Å². The van der Waals surface area contributed by atoms with Gasteiger partial charge in [-0.25, -0.2) is 0 Å². The second kappa shape index (κ2) is 8.69. The van der Waals surface area contributed by atoms with Crippen LogP contribution in [0.2, 0.25) is 0 Å². The molecule has 0 spiro atoms. The van der Waals surface area contributed by atoms with Crippen molar-refractivity contribution in [2.45, 2.75) is 52.5 Å². The summed E-state index contributed by atoms with van der Waals surface area (Å²) < 4.78 is 6.00. The van der Waals surface area contributed by atoms with Gasteiger partial charge in [0.15, 0.2) is 0 Å². The summed E-state index contributed by atoms with van der Waals surface area (Å²) in [6.07, 6.45) is 8.90. The number of thiophene rings is 1. The number of hydrogen-bond acceptors (Lipinski definition) is 6. The highest BCUT2D eigenvalue weighted by Gasteiger charge is 2.43. The van der Waals surface area contributed by atoms with Crippen LogP contribution in [-0.2, 0) is 16.7 Å². The zero-order valence-corrected chi connectivity index (χ0v) is 19.3. The standard InChI is InChI=1S/C24H32N4OS/c1-5-29-17-24(9-8-21-22-20(15-30-21)25-11-12-26-22)10-13-28(16-24)23(3,4)19-7-6-18(2)27-14-19/h6-7,11-12,14-15H,5,8-10,13,16-17H2,1-4H3/t24-/m0/s1. The molecule has 1 atom stereocenters. The van der Waals surface area contributed by atoms with Gasteiger partial charge in [-0.05, 0) is 65.1 Å². The molecule has 0 unspecified atom stereocenters. The maximum absolute atomic E-state index is 6.00. The molecule has 0 bridgehead atoms. The third kappa shape index (κ3) is 4.27. The lowest BCUT2D eigenvalue weighted by Gasteiger charge is -2.38. The van der Waals surface area contributed by atoms with E-state index >= 15 is 0 Å². The van der Waals surface area contributed by atoms with E-state index in [9.17, 15) is 0 Å². The zero-order valence-electron chi connectivity index (χ0n) is 18.5. The Bertz CT molecular complexity index is 984. The topological polar surface area (TPSA) is 51.1 Å². The summed E-state index contributed by atoms with van der Waals surface area (Å²) in [7, 11) is 0. The molecule has 1 aliphatic rings. The second-order valence-corrected chi connectivity index (χ2v) is 9.97. The molecule has 0 aliphatic carbocycles. The first-order valence-corrected chi connectivity index (χ1v) is 11.7. The van der Waals surface area contributed by atoms with Crippen LogP contribution >= 0.6 is 11.3 Å². The third-order valence-corrected chi connectivity index (χ3v) is 7.67. The first-order chi connectivity index (χ1) is 14.4. The Morgan fingerprint density at radius 2 is 2.03 bits per heavy atom. The molecule has 3 aromatic heterocycles. The van der Waals surface area contributed by atoms with E-state index in [-0.39, 0.29) is 11.0 Å². The smallest absolute Gasteiger partial charge is 0.103 e. The van der Waals surface area contributed by atoms with Gasteiger partial charge in [-0.2, -0.15) is 0 Å². The average molecular weight is 425 g/mol. The van der Waals surface area contributed by atoms with E-state index in [1.807, 2.05) is 13.1 Å². The summed E-state index contributed by atoms with van der Waals surface area (Å²) in [4.78, 5) is 17.5. The van der Waals surface area contributed by atoms with Gasteiger partial charge >= 0.3 is 0 Å². The molecular formula is C24H32N4OS. The molecule has 3 aromatic rings. The lowest BCUT2D eigenvalue weighted by atomic mass is 9.82. The summed E-state index contributed by atoms with van der Waals surface area (Å²) in [6.45, 7) is 12.5. The van der Waals surface area contributed by atoms with Gasteiger partial charge in [-0.3, -0.25) is 19.9 Å². The minimum atomic E-state index is -0.0459. The molecule has 0 N–H and O–H groups in total. The summed E-state index contributed by atoms with van der Waals surface area (Å²) in [5, 5.41) is 2.13. The molecule has 4 heterocycles. The van der Waals surface area contributed by atoms with Gasteiger partial charge in [0, 0.05) is 58.6 Å². The highest BCUT2D eigenvalue weighted by molar-refractivity contribution is 7.11. The second-order valence-electron chi connectivity index (χ2n) is 9.01. The molecule has 1 aliphatic heterocycles. The van der Waals surface area contributed by atoms with E-state index in [1.54, 1.807) is 23.7 Å². The zero-order chi connectivity index (χ0) is 21.2. The summed E-state index contributed by atoms with van der Waals surface area (Å²) in [5.41, 5.74) is 4.54. The molecule has 5 nitrogen and oxygen atoms in total. The van der Waals surface area contributed by atoms with Crippen LogP contribution in [0.25, 0.3) is 11.0 Å². The molecule has 160 valence electrons. The number of aryl methyl sites for hydroxylation is 2. The number of fused-ring (bicyclic) bond motifs is 1. The van der Waals surface area contributed by atoms with Gasteiger partial charge in [-0.1, -0.05) is 6.07 Å². The quantitative estimate of drug-likeness (QED) is 0.510. The van der Waals surface area contributed by atoms with Crippen molar-refractivity contribution in [3.05, 3.63) is 52.2 Å². The van der Waals surface area contributed by atoms with Gasteiger partial charge in [0.25, 0.3) is 0 Å². The van der Waals surface area contributed by atoms with Crippen molar-refractivity contribution in [3.63, 3.8) is 0 Å². The lowest BCUT2D eigenvalue weighted by Crippen LogP contribution is -2.42. The first kappa shape index (κ1) is 21.3. The molecule has 1 saturated heterocycles. The number of rotatable bonds is 8. The molecule has 4 rings (SSSR count). The van der Waals surface area contributed by atoms with Crippen LogP contribution in [0.3, 0.4) is 0 Å². The largest absolute Gasteiger partial charge is 0.381 e.